The molecule has 37 heavy (non-hydrogen) atoms. The second-order valence-electron chi connectivity index (χ2n) is 9.20. The highest BCUT2D eigenvalue weighted by Crippen LogP contribution is 2.28. The minimum atomic E-state index is -3.60. The van der Waals surface area contributed by atoms with E-state index >= 15 is 0 Å². The van der Waals surface area contributed by atoms with E-state index in [4.69, 9.17) is 4.74 Å². The van der Waals surface area contributed by atoms with Crippen molar-refractivity contribution in [3.05, 3.63) is 77.7 Å². The largest absolute Gasteiger partial charge is 0.494 e. The third-order valence-corrected chi connectivity index (χ3v) is 8.61. The maximum absolute atomic E-state index is 13.4. The molecular formula is C27H32N6O3S. The molecule has 5 rings (SSSR count). The number of rotatable bonds is 9. The monoisotopic (exact) mass is 520 g/mol. The van der Waals surface area contributed by atoms with Crippen LogP contribution in [0.25, 0.3) is 5.78 Å². The normalized spacial score (nSPS) is 14.8. The first-order valence-corrected chi connectivity index (χ1v) is 14.1. The summed E-state index contributed by atoms with van der Waals surface area (Å²) in [5, 5.41) is 4.45. The summed E-state index contributed by atoms with van der Waals surface area (Å²) in [7, 11) is -3.60. The third-order valence-electron chi connectivity index (χ3n) is 6.69. The summed E-state index contributed by atoms with van der Waals surface area (Å²) in [4.78, 5) is 11.4. The number of aromatic nitrogens is 4. The van der Waals surface area contributed by atoms with Crippen LogP contribution in [-0.4, -0.2) is 65.1 Å². The molecule has 0 spiro atoms. The van der Waals surface area contributed by atoms with E-state index in [0.29, 0.717) is 50.7 Å². The summed E-state index contributed by atoms with van der Waals surface area (Å²) < 4.78 is 35.7. The lowest BCUT2D eigenvalue weighted by Gasteiger charge is -2.36. The van der Waals surface area contributed by atoms with Gasteiger partial charge < -0.3 is 9.64 Å². The zero-order valence-corrected chi connectivity index (χ0v) is 22.1. The zero-order valence-electron chi connectivity index (χ0n) is 21.2. The van der Waals surface area contributed by atoms with Crippen LogP contribution in [0, 0.1) is 6.92 Å². The third kappa shape index (κ3) is 5.30. The van der Waals surface area contributed by atoms with E-state index in [9.17, 15) is 8.42 Å². The lowest BCUT2D eigenvalue weighted by atomic mass is 10.0. The van der Waals surface area contributed by atoms with Crippen molar-refractivity contribution in [2.45, 2.75) is 38.0 Å². The number of fused-ring (bicyclic) bond motifs is 1. The molecule has 1 saturated heterocycles. The number of hydrogen-bond acceptors (Lipinski definition) is 7. The van der Waals surface area contributed by atoms with Gasteiger partial charge in [0.1, 0.15) is 17.9 Å². The van der Waals surface area contributed by atoms with Gasteiger partial charge in [-0.05, 0) is 43.2 Å². The van der Waals surface area contributed by atoms with Gasteiger partial charge in [-0.1, -0.05) is 43.7 Å². The van der Waals surface area contributed by atoms with E-state index in [1.165, 1.54) is 11.9 Å². The van der Waals surface area contributed by atoms with Crippen LogP contribution in [0.1, 0.15) is 36.6 Å². The number of piperazine rings is 1. The summed E-state index contributed by atoms with van der Waals surface area (Å²) >= 11 is 0. The molecule has 9 nitrogen and oxygen atoms in total. The van der Waals surface area contributed by atoms with Crippen LogP contribution < -0.4 is 9.64 Å². The Hall–Kier alpha value is -3.50. The number of unbranched alkanes of at least 4 members (excludes halogenated alkanes) is 1. The number of nitrogens with zero attached hydrogens (tertiary/aromatic N) is 6. The van der Waals surface area contributed by atoms with Crippen molar-refractivity contribution in [3.8, 4) is 5.75 Å². The molecule has 10 heteroatoms. The smallest absolute Gasteiger partial charge is 0.254 e. The van der Waals surface area contributed by atoms with Crippen LogP contribution in [0.5, 0.6) is 5.75 Å². The molecule has 1 aliphatic heterocycles. The Morgan fingerprint density at radius 3 is 2.41 bits per heavy atom. The second-order valence-corrected chi connectivity index (χ2v) is 11.1. The molecule has 1 fully saturated rings. The van der Waals surface area contributed by atoms with E-state index in [1.54, 1.807) is 33.1 Å². The van der Waals surface area contributed by atoms with Crippen molar-refractivity contribution in [1.29, 1.82) is 0 Å². The van der Waals surface area contributed by atoms with Gasteiger partial charge in [0.05, 0.1) is 11.5 Å². The first kappa shape index (κ1) is 25.2. The number of anilines is 1. The van der Waals surface area contributed by atoms with E-state index < -0.39 is 10.0 Å². The van der Waals surface area contributed by atoms with Gasteiger partial charge in [-0.3, -0.25) is 0 Å². The quantitative estimate of drug-likeness (QED) is 0.311. The predicted molar refractivity (Wildman–Crippen MR) is 143 cm³/mol. The topological polar surface area (TPSA) is 92.9 Å². The van der Waals surface area contributed by atoms with E-state index in [-0.39, 0.29) is 4.90 Å². The fraction of sp³-hybridized carbons (Fsp3) is 0.370. The molecule has 0 aliphatic carbocycles. The summed E-state index contributed by atoms with van der Waals surface area (Å²) in [6, 6.07) is 17.0. The van der Waals surface area contributed by atoms with Crippen molar-refractivity contribution in [1.82, 2.24) is 23.9 Å². The average molecular weight is 521 g/mol. The number of sulfonamides is 1. The zero-order chi connectivity index (χ0) is 25.8. The van der Waals surface area contributed by atoms with Crippen molar-refractivity contribution < 1.29 is 13.2 Å². The van der Waals surface area contributed by atoms with E-state index in [1.807, 2.05) is 25.1 Å². The fourth-order valence-corrected chi connectivity index (χ4v) is 6.05. The Balaban J connectivity index is 1.35. The Morgan fingerprint density at radius 1 is 0.973 bits per heavy atom. The van der Waals surface area contributed by atoms with Gasteiger partial charge in [-0.15, -0.1) is 0 Å². The number of aryl methyl sites for hydroxylation is 1. The van der Waals surface area contributed by atoms with Gasteiger partial charge >= 0.3 is 0 Å². The number of benzene rings is 2. The van der Waals surface area contributed by atoms with Crippen molar-refractivity contribution in [2.75, 3.05) is 37.7 Å². The molecule has 0 amide bonds. The standard InChI is InChI=1S/C27H32N6O3S/c1-3-4-18-36-23-10-12-24(13-11-23)37(34,35)32-16-14-31(15-17-32)26-25(19-22-8-6-5-7-9-22)21(2)30-27-28-20-29-33(26)27/h5-13,20H,3-4,14-19H2,1-2H3. The van der Waals surface area contributed by atoms with E-state index in [0.717, 1.165) is 29.9 Å². The molecule has 2 aromatic heterocycles. The molecule has 4 aromatic rings. The van der Waals surface area contributed by atoms with Gasteiger partial charge in [0.15, 0.2) is 0 Å². The Morgan fingerprint density at radius 2 is 1.70 bits per heavy atom. The van der Waals surface area contributed by atoms with E-state index in [2.05, 4.69) is 39.0 Å². The SMILES string of the molecule is CCCCOc1ccc(S(=O)(=O)N2CCN(c3c(Cc4ccccc4)c(C)nc4ncnn34)CC2)cc1. The lowest BCUT2D eigenvalue weighted by molar-refractivity contribution is 0.309. The average Bonchev–Trinajstić information content (AvgIpc) is 3.38. The second kappa shape index (κ2) is 10.9. The minimum Gasteiger partial charge on any atom is -0.494 e. The van der Waals surface area contributed by atoms with Gasteiger partial charge in [0.2, 0.25) is 10.0 Å². The highest BCUT2D eigenvalue weighted by Gasteiger charge is 2.31. The predicted octanol–water partition coefficient (Wildman–Crippen LogP) is 3.71. The summed E-state index contributed by atoms with van der Waals surface area (Å²) in [6.07, 6.45) is 4.23. The highest BCUT2D eigenvalue weighted by atomic mass is 32.2. The summed E-state index contributed by atoms with van der Waals surface area (Å²) in [5.41, 5.74) is 3.14. The molecule has 1 aliphatic rings. The molecule has 0 bridgehead atoms. The Bertz CT molecular complexity index is 1450. The maximum atomic E-state index is 13.4. The molecule has 0 saturated carbocycles. The van der Waals surface area contributed by atoms with Gasteiger partial charge in [-0.25, -0.2) is 13.4 Å². The maximum Gasteiger partial charge on any atom is 0.254 e. The molecule has 0 atom stereocenters. The van der Waals surface area contributed by atoms with Gasteiger partial charge in [0, 0.05) is 43.9 Å². The van der Waals surface area contributed by atoms with Gasteiger partial charge in [-0.2, -0.15) is 18.9 Å². The van der Waals surface area contributed by atoms with Crippen LogP contribution in [0.15, 0.2) is 65.8 Å². The molecule has 0 unspecified atom stereocenters. The van der Waals surface area contributed by atoms with Crippen molar-refractivity contribution in [2.24, 2.45) is 0 Å². The van der Waals surface area contributed by atoms with Crippen LogP contribution in [-0.2, 0) is 16.4 Å². The Labute approximate surface area is 217 Å². The first-order valence-electron chi connectivity index (χ1n) is 12.7. The molecule has 2 aromatic carbocycles. The molecular weight excluding hydrogens is 488 g/mol. The highest BCUT2D eigenvalue weighted by molar-refractivity contribution is 7.89. The lowest BCUT2D eigenvalue weighted by Crippen LogP contribution is -2.49. The van der Waals surface area contributed by atoms with Gasteiger partial charge in [0.25, 0.3) is 5.78 Å². The van der Waals surface area contributed by atoms with Crippen LogP contribution in [0.3, 0.4) is 0 Å². The number of ether oxygens (including phenoxy) is 1. The van der Waals surface area contributed by atoms with Crippen LogP contribution in [0.2, 0.25) is 0 Å². The number of hydrogen-bond donors (Lipinski definition) is 0. The molecule has 194 valence electrons. The van der Waals surface area contributed by atoms with Crippen molar-refractivity contribution >= 4 is 21.6 Å². The molecule has 3 heterocycles. The van der Waals surface area contributed by atoms with Crippen molar-refractivity contribution in [3.63, 3.8) is 0 Å². The van der Waals surface area contributed by atoms with Crippen LogP contribution >= 0.6 is 0 Å². The Kier molecular flexibility index (Phi) is 7.38. The summed E-state index contributed by atoms with van der Waals surface area (Å²) in [6.45, 7) is 6.55. The molecule has 0 N–H and O–H groups in total. The molecule has 0 radical (unpaired) electrons. The van der Waals surface area contributed by atoms with Crippen LogP contribution in [0.4, 0.5) is 5.82 Å². The summed E-state index contributed by atoms with van der Waals surface area (Å²) in [5.74, 6) is 2.16. The first-order chi connectivity index (χ1) is 18.0. The minimum absolute atomic E-state index is 0.284. The fourth-order valence-electron chi connectivity index (χ4n) is 4.63.